The topological polar surface area (TPSA) is 69.0 Å². The predicted octanol–water partition coefficient (Wildman–Crippen LogP) is 6.54. The van der Waals surface area contributed by atoms with Crippen LogP contribution in [0.4, 0.5) is 22.0 Å². The molecule has 0 aliphatic heterocycles. The maximum atomic E-state index is 14.1. The van der Waals surface area contributed by atoms with Crippen LogP contribution in [0, 0.1) is 18.6 Å². The number of methoxy groups -OCH3 is 1. The van der Waals surface area contributed by atoms with E-state index < -0.39 is 42.0 Å². The smallest absolute Gasteiger partial charge is 0.435 e. The van der Waals surface area contributed by atoms with Gasteiger partial charge in [-0.3, -0.25) is 14.5 Å². The first-order valence-corrected chi connectivity index (χ1v) is 13.5. The Labute approximate surface area is 239 Å². The molecular weight excluding hydrogens is 555 g/mol. The monoisotopic (exact) mass is 584 g/mol. The van der Waals surface area contributed by atoms with Crippen molar-refractivity contribution < 1.29 is 31.5 Å². The molecule has 42 heavy (non-hydrogen) atoms. The zero-order chi connectivity index (χ0) is 30.0. The highest BCUT2D eigenvalue weighted by molar-refractivity contribution is 5.77. The van der Waals surface area contributed by atoms with Crippen molar-refractivity contribution in [2.24, 2.45) is 0 Å². The molecule has 0 bridgehead atoms. The maximum absolute atomic E-state index is 14.1. The van der Waals surface area contributed by atoms with Crippen LogP contribution in [0.3, 0.4) is 0 Å². The largest absolute Gasteiger partial charge is 0.497 e. The van der Waals surface area contributed by atoms with Crippen LogP contribution in [-0.4, -0.2) is 27.8 Å². The Morgan fingerprint density at radius 3 is 2.48 bits per heavy atom. The summed E-state index contributed by atoms with van der Waals surface area (Å²) in [4.78, 5) is 18.0. The number of rotatable bonds is 8. The lowest BCUT2D eigenvalue weighted by molar-refractivity contribution is -0.142. The second-order valence-electron chi connectivity index (χ2n) is 10.4. The molecule has 1 unspecified atom stereocenters. The van der Waals surface area contributed by atoms with Gasteiger partial charge in [-0.15, -0.1) is 0 Å². The van der Waals surface area contributed by atoms with Crippen LogP contribution >= 0.6 is 0 Å². The molecule has 2 aromatic carbocycles. The molecule has 2 aromatic heterocycles. The minimum absolute atomic E-state index is 0.0232. The third-order valence-electron chi connectivity index (χ3n) is 7.41. The standard InChI is InChI=1S/C31H29F5N4O2/c1-18-12-22(42-2)9-10-23(18)24-7-5-11-37-29(24)26(15-19-13-20(32)16-21(33)14-19)38-28(41)17-40-27-8-4-3-6-25(27)30(39-40)31(34,35)36/h5,7,9-14,16,26H,3-4,6,8,15,17H2,1-2H3,(H,38,41). The van der Waals surface area contributed by atoms with Crippen molar-refractivity contribution >= 4 is 5.91 Å². The molecule has 5 rings (SSSR count). The molecular formula is C31H29F5N4O2. The van der Waals surface area contributed by atoms with Crippen LogP contribution in [0.15, 0.2) is 54.7 Å². The molecule has 1 aliphatic rings. The lowest BCUT2D eigenvalue weighted by atomic mass is 9.93. The van der Waals surface area contributed by atoms with E-state index in [9.17, 15) is 26.7 Å². The number of nitrogens with zero attached hydrogens (tertiary/aromatic N) is 3. The summed E-state index contributed by atoms with van der Waals surface area (Å²) in [6.07, 6.45) is -1.16. The fourth-order valence-electron chi connectivity index (χ4n) is 5.57. The van der Waals surface area contributed by atoms with Crippen molar-refractivity contribution in [3.8, 4) is 16.9 Å². The highest BCUT2D eigenvalue weighted by atomic mass is 19.4. The number of carbonyl (C=O) groups is 1. The van der Waals surface area contributed by atoms with Gasteiger partial charge >= 0.3 is 6.18 Å². The van der Waals surface area contributed by atoms with Crippen molar-refractivity contribution in [1.82, 2.24) is 20.1 Å². The van der Waals surface area contributed by atoms with Crippen LogP contribution in [0.25, 0.3) is 11.1 Å². The molecule has 4 aromatic rings. The summed E-state index contributed by atoms with van der Waals surface area (Å²) in [7, 11) is 1.56. The molecule has 0 fully saturated rings. The van der Waals surface area contributed by atoms with Crippen LogP contribution in [0.2, 0.25) is 0 Å². The summed E-state index contributed by atoms with van der Waals surface area (Å²) in [5, 5.41) is 6.65. The second kappa shape index (κ2) is 11.9. The van der Waals surface area contributed by atoms with Crippen LogP contribution in [0.5, 0.6) is 5.75 Å². The molecule has 0 spiro atoms. The average molecular weight is 585 g/mol. The first-order chi connectivity index (χ1) is 20.0. The van der Waals surface area contributed by atoms with Gasteiger partial charge in [0, 0.05) is 29.1 Å². The average Bonchev–Trinajstić information content (AvgIpc) is 3.31. The van der Waals surface area contributed by atoms with Crippen molar-refractivity contribution in [3.05, 3.63) is 100 Å². The molecule has 0 radical (unpaired) electrons. The van der Waals surface area contributed by atoms with Gasteiger partial charge in [-0.25, -0.2) is 8.78 Å². The molecule has 1 N–H and O–H groups in total. The number of aryl methyl sites for hydroxylation is 1. The van der Waals surface area contributed by atoms with E-state index in [0.29, 0.717) is 42.0 Å². The van der Waals surface area contributed by atoms with Crippen molar-refractivity contribution in [2.45, 2.75) is 57.8 Å². The lowest BCUT2D eigenvalue weighted by Crippen LogP contribution is -2.34. The van der Waals surface area contributed by atoms with Crippen LogP contribution < -0.4 is 10.1 Å². The number of fused-ring (bicyclic) bond motifs is 1. The molecule has 1 atom stereocenters. The van der Waals surface area contributed by atoms with E-state index >= 15 is 0 Å². The number of halogens is 5. The van der Waals surface area contributed by atoms with E-state index in [2.05, 4.69) is 15.4 Å². The highest BCUT2D eigenvalue weighted by Crippen LogP contribution is 2.36. The molecule has 1 aliphatic carbocycles. The fourth-order valence-corrected chi connectivity index (χ4v) is 5.57. The van der Waals surface area contributed by atoms with Gasteiger partial charge < -0.3 is 10.1 Å². The number of aromatic nitrogens is 3. The zero-order valence-electron chi connectivity index (χ0n) is 23.1. The molecule has 6 nitrogen and oxygen atoms in total. The molecule has 0 saturated heterocycles. The Morgan fingerprint density at radius 1 is 1.05 bits per heavy atom. The minimum atomic E-state index is -4.63. The third-order valence-corrected chi connectivity index (χ3v) is 7.41. The van der Waals surface area contributed by atoms with E-state index in [1.54, 1.807) is 25.4 Å². The second-order valence-corrected chi connectivity index (χ2v) is 10.4. The Kier molecular flexibility index (Phi) is 8.29. The van der Waals surface area contributed by atoms with Gasteiger partial charge in [-0.05, 0) is 86.1 Å². The number of amides is 1. The molecule has 2 heterocycles. The van der Waals surface area contributed by atoms with Gasteiger partial charge in [0.2, 0.25) is 5.91 Å². The Bertz CT molecular complexity index is 1600. The number of alkyl halides is 3. The molecule has 220 valence electrons. The summed E-state index contributed by atoms with van der Waals surface area (Å²) >= 11 is 0. The van der Waals surface area contributed by atoms with Crippen molar-refractivity contribution in [3.63, 3.8) is 0 Å². The number of pyridine rings is 1. The normalized spacial score (nSPS) is 13.9. The Hall–Kier alpha value is -4.28. The van der Waals surface area contributed by atoms with E-state index in [-0.39, 0.29) is 24.0 Å². The fraction of sp³-hybridized carbons (Fsp3) is 0.323. The molecule has 1 amide bonds. The quantitative estimate of drug-likeness (QED) is 0.239. The first kappa shape index (κ1) is 29.2. The summed E-state index contributed by atoms with van der Waals surface area (Å²) in [6.45, 7) is 1.44. The van der Waals surface area contributed by atoms with Crippen LogP contribution in [0.1, 0.15) is 52.7 Å². The zero-order valence-corrected chi connectivity index (χ0v) is 23.1. The van der Waals surface area contributed by atoms with Gasteiger partial charge in [0.15, 0.2) is 5.69 Å². The van der Waals surface area contributed by atoms with Gasteiger partial charge in [0.1, 0.15) is 23.9 Å². The highest BCUT2D eigenvalue weighted by Gasteiger charge is 2.39. The number of carbonyl (C=O) groups excluding carboxylic acids is 1. The Morgan fingerprint density at radius 2 is 1.79 bits per heavy atom. The molecule has 0 saturated carbocycles. The third kappa shape index (κ3) is 6.29. The van der Waals surface area contributed by atoms with Gasteiger partial charge in [-0.2, -0.15) is 18.3 Å². The van der Waals surface area contributed by atoms with E-state index in [4.69, 9.17) is 4.74 Å². The summed E-state index contributed by atoms with van der Waals surface area (Å²) in [6, 6.07) is 11.3. The van der Waals surface area contributed by atoms with Gasteiger partial charge in [0.25, 0.3) is 0 Å². The number of nitrogens with one attached hydrogen (secondary N) is 1. The number of ether oxygens (including phenoxy) is 1. The van der Waals surface area contributed by atoms with Gasteiger partial charge in [0.05, 0.1) is 18.8 Å². The number of hydrogen-bond donors (Lipinski definition) is 1. The molecule has 11 heteroatoms. The number of hydrogen-bond acceptors (Lipinski definition) is 4. The van der Waals surface area contributed by atoms with E-state index in [1.165, 1.54) is 12.1 Å². The van der Waals surface area contributed by atoms with Gasteiger partial charge in [-0.1, -0.05) is 12.1 Å². The first-order valence-electron chi connectivity index (χ1n) is 13.5. The predicted molar refractivity (Wildman–Crippen MR) is 146 cm³/mol. The van der Waals surface area contributed by atoms with E-state index in [0.717, 1.165) is 21.9 Å². The summed E-state index contributed by atoms with van der Waals surface area (Å²) in [5.41, 5.74) is 2.64. The van der Waals surface area contributed by atoms with Crippen LogP contribution in [-0.2, 0) is 36.8 Å². The van der Waals surface area contributed by atoms with E-state index in [1.807, 2.05) is 25.1 Å². The SMILES string of the molecule is COc1ccc(-c2cccnc2C(Cc2cc(F)cc(F)c2)NC(=O)Cn2nc(C(F)(F)F)c3c2CCCC3)c(C)c1. The maximum Gasteiger partial charge on any atom is 0.435 e. The number of benzene rings is 2. The summed E-state index contributed by atoms with van der Waals surface area (Å²) in [5.74, 6) is -1.50. The minimum Gasteiger partial charge on any atom is -0.497 e. The van der Waals surface area contributed by atoms with Crippen molar-refractivity contribution in [2.75, 3.05) is 7.11 Å². The lowest BCUT2D eigenvalue weighted by Gasteiger charge is -2.23. The Balaban J connectivity index is 1.51. The van der Waals surface area contributed by atoms with Crippen molar-refractivity contribution in [1.29, 1.82) is 0 Å². The summed E-state index contributed by atoms with van der Waals surface area (Å²) < 4.78 is 75.7.